The lowest BCUT2D eigenvalue weighted by Gasteiger charge is -2.22. The van der Waals surface area contributed by atoms with Gasteiger partial charge in [0, 0.05) is 0 Å². The van der Waals surface area contributed by atoms with Crippen LogP contribution in [0, 0.1) is 69.8 Å². The third kappa shape index (κ3) is 6.34. The second kappa shape index (κ2) is 12.8. The molecule has 0 saturated carbocycles. The Morgan fingerprint density at radius 1 is 0.400 bits per heavy atom. The highest BCUT2D eigenvalue weighted by Crippen LogP contribution is 2.38. The van der Waals surface area contributed by atoms with Crippen molar-refractivity contribution in [3.63, 3.8) is 0 Å². The van der Waals surface area contributed by atoms with E-state index in [9.17, 15) is 61.1 Å². The number of rotatable bonds is 8. The third-order valence-corrected chi connectivity index (χ3v) is 8.74. The Hall–Kier alpha value is -4.53. The van der Waals surface area contributed by atoms with Gasteiger partial charge in [0.25, 0.3) is 0 Å². The minimum atomic E-state index is -5.07. The molecule has 0 amide bonds. The first-order chi connectivity index (χ1) is 21.1. The van der Waals surface area contributed by atoms with Crippen molar-refractivity contribution in [1.29, 1.82) is 0 Å². The molecular weight excluding hydrogens is 652 g/mol. The molecule has 15 heteroatoms. The molecule has 4 aromatic carbocycles. The molecule has 2 atom stereocenters. The summed E-state index contributed by atoms with van der Waals surface area (Å²) < 4.78 is 195. The van der Waals surface area contributed by atoms with E-state index in [1.807, 2.05) is 0 Å². The van der Waals surface area contributed by atoms with Gasteiger partial charge in [-0.25, -0.2) is 61.1 Å². The van der Waals surface area contributed by atoms with Gasteiger partial charge in [0.2, 0.25) is 11.6 Å². The summed E-state index contributed by atoms with van der Waals surface area (Å²) in [6.45, 7) is 0. The lowest BCUT2D eigenvalue weighted by atomic mass is 10.1. The molecule has 0 aliphatic rings. The van der Waals surface area contributed by atoms with Gasteiger partial charge in [0.05, 0.1) is 11.1 Å². The predicted octanol–water partition coefficient (Wildman–Crippen LogP) is 8.98. The standard InChI is InChI=1S/C30H14F12O2S/c31-15-5-1-13(2-6-15)19(11-9-17-21(33)25(37)29(41)26(38)22(17)34)45(43,44)20(14-3-7-16(32)8-4-14)12-10-18-23(35)27(39)30(42)28(40)24(18)36/h1-12,19-20H. The molecule has 4 rings (SSSR count). The number of hydrogen-bond donors (Lipinski definition) is 0. The number of hydrogen-bond acceptors (Lipinski definition) is 2. The average Bonchev–Trinajstić information content (AvgIpc) is 3.01. The van der Waals surface area contributed by atoms with Gasteiger partial charge in [-0.3, -0.25) is 0 Å². The van der Waals surface area contributed by atoms with Crippen molar-refractivity contribution >= 4 is 22.0 Å². The number of halogens is 12. The Morgan fingerprint density at radius 3 is 0.911 bits per heavy atom. The molecule has 4 aromatic rings. The van der Waals surface area contributed by atoms with Crippen molar-refractivity contribution in [2.24, 2.45) is 0 Å². The van der Waals surface area contributed by atoms with E-state index in [0.717, 1.165) is 48.5 Å². The second-order valence-electron chi connectivity index (χ2n) is 9.22. The van der Waals surface area contributed by atoms with Gasteiger partial charge < -0.3 is 0 Å². The van der Waals surface area contributed by atoms with Crippen molar-refractivity contribution < 1.29 is 61.1 Å². The summed E-state index contributed by atoms with van der Waals surface area (Å²) in [5.74, 6) is -25.5. The van der Waals surface area contributed by atoms with E-state index in [2.05, 4.69) is 0 Å². The van der Waals surface area contributed by atoms with Crippen LogP contribution in [-0.2, 0) is 9.84 Å². The maximum atomic E-state index is 14.4. The summed E-state index contributed by atoms with van der Waals surface area (Å²) in [5.41, 5.74) is -3.87. The Kier molecular flexibility index (Phi) is 9.51. The normalized spacial score (nSPS) is 13.6. The van der Waals surface area contributed by atoms with Gasteiger partial charge >= 0.3 is 0 Å². The third-order valence-electron chi connectivity index (χ3n) is 6.47. The highest BCUT2D eigenvalue weighted by atomic mass is 32.2. The van der Waals surface area contributed by atoms with Crippen LogP contribution < -0.4 is 0 Å². The Balaban J connectivity index is 1.95. The zero-order valence-corrected chi connectivity index (χ0v) is 22.7. The second-order valence-corrected chi connectivity index (χ2v) is 11.4. The number of benzene rings is 4. The first kappa shape index (κ1) is 33.4. The number of sulfone groups is 1. The minimum absolute atomic E-state index is 0.233. The molecule has 0 spiro atoms. The van der Waals surface area contributed by atoms with Crippen LogP contribution in [0.5, 0.6) is 0 Å². The SMILES string of the molecule is O=S(=O)(C(C=Cc1c(F)c(F)c(F)c(F)c1F)c1ccc(F)cc1)C(C=Cc1c(F)c(F)c(F)c(F)c1F)c1ccc(F)cc1. The van der Waals surface area contributed by atoms with Gasteiger partial charge in [0.15, 0.2) is 56.4 Å². The molecule has 0 heterocycles. The molecule has 0 saturated heterocycles. The summed E-state index contributed by atoms with van der Waals surface area (Å²) in [4.78, 5) is 0. The van der Waals surface area contributed by atoms with E-state index in [1.54, 1.807) is 0 Å². The fourth-order valence-electron chi connectivity index (χ4n) is 4.19. The first-order valence-electron chi connectivity index (χ1n) is 12.2. The lowest BCUT2D eigenvalue weighted by molar-refractivity contribution is 0.377. The minimum Gasteiger partial charge on any atom is -0.227 e. The summed E-state index contributed by atoms with van der Waals surface area (Å²) >= 11 is 0. The molecule has 2 unspecified atom stereocenters. The summed E-state index contributed by atoms with van der Waals surface area (Å²) in [6, 6.07) is 6.49. The predicted molar refractivity (Wildman–Crippen MR) is 138 cm³/mol. The highest BCUT2D eigenvalue weighted by Gasteiger charge is 2.35. The van der Waals surface area contributed by atoms with Gasteiger partial charge in [-0.2, -0.15) is 0 Å². The lowest BCUT2D eigenvalue weighted by Crippen LogP contribution is -2.19. The molecule has 45 heavy (non-hydrogen) atoms. The largest absolute Gasteiger partial charge is 0.227 e. The van der Waals surface area contributed by atoms with E-state index in [4.69, 9.17) is 0 Å². The van der Waals surface area contributed by atoms with E-state index < -0.39 is 101 Å². The molecule has 0 aliphatic heterocycles. The van der Waals surface area contributed by atoms with Crippen molar-refractivity contribution in [3.8, 4) is 0 Å². The molecule has 2 nitrogen and oxygen atoms in total. The van der Waals surface area contributed by atoms with E-state index >= 15 is 0 Å². The maximum absolute atomic E-state index is 14.4. The molecule has 236 valence electrons. The molecular formula is C30H14F12O2S. The van der Waals surface area contributed by atoms with Crippen LogP contribution in [0.4, 0.5) is 52.7 Å². The van der Waals surface area contributed by atoms with E-state index in [0.29, 0.717) is 12.2 Å². The zero-order chi connectivity index (χ0) is 33.4. The van der Waals surface area contributed by atoms with Crippen LogP contribution in [-0.4, -0.2) is 8.42 Å². The Labute approximate surface area is 246 Å². The smallest absolute Gasteiger partial charge is 0.200 e. The van der Waals surface area contributed by atoms with Crippen molar-refractivity contribution in [2.45, 2.75) is 10.5 Å². The Bertz CT molecular complexity index is 1740. The summed E-state index contributed by atoms with van der Waals surface area (Å²) in [7, 11) is -5.07. The van der Waals surface area contributed by atoms with Gasteiger partial charge in [-0.1, -0.05) is 48.6 Å². The molecule has 0 aliphatic carbocycles. The van der Waals surface area contributed by atoms with Crippen LogP contribution in [0.25, 0.3) is 12.2 Å². The van der Waals surface area contributed by atoms with Crippen LogP contribution in [0.15, 0.2) is 60.7 Å². The molecule has 0 bridgehead atoms. The fourth-order valence-corrected chi connectivity index (χ4v) is 6.17. The van der Waals surface area contributed by atoms with Gasteiger partial charge in [0.1, 0.15) is 22.1 Å². The van der Waals surface area contributed by atoms with Crippen molar-refractivity contribution in [2.75, 3.05) is 0 Å². The first-order valence-corrected chi connectivity index (χ1v) is 13.8. The monoisotopic (exact) mass is 666 g/mol. The average molecular weight is 666 g/mol. The summed E-state index contributed by atoms with van der Waals surface area (Å²) in [5, 5.41) is -4.33. The van der Waals surface area contributed by atoms with E-state index in [-0.39, 0.29) is 23.3 Å². The summed E-state index contributed by atoms with van der Waals surface area (Å²) in [6.07, 6.45) is 1.39. The van der Waals surface area contributed by atoms with Gasteiger partial charge in [-0.15, -0.1) is 0 Å². The van der Waals surface area contributed by atoms with Crippen molar-refractivity contribution in [1.82, 2.24) is 0 Å². The Morgan fingerprint density at radius 2 is 0.644 bits per heavy atom. The van der Waals surface area contributed by atoms with Crippen LogP contribution in [0.2, 0.25) is 0 Å². The molecule has 0 N–H and O–H groups in total. The van der Waals surface area contributed by atoms with Crippen LogP contribution in [0.3, 0.4) is 0 Å². The fraction of sp³-hybridized carbons (Fsp3) is 0.0667. The zero-order valence-electron chi connectivity index (χ0n) is 21.8. The molecule has 0 radical (unpaired) electrons. The van der Waals surface area contributed by atoms with Crippen LogP contribution >= 0.6 is 0 Å². The highest BCUT2D eigenvalue weighted by molar-refractivity contribution is 7.92. The maximum Gasteiger partial charge on any atom is 0.200 e. The molecule has 0 fully saturated rings. The van der Waals surface area contributed by atoms with Crippen LogP contribution in [0.1, 0.15) is 32.8 Å². The topological polar surface area (TPSA) is 34.1 Å². The van der Waals surface area contributed by atoms with Gasteiger partial charge in [-0.05, 0) is 35.4 Å². The quantitative estimate of drug-likeness (QED) is 0.107. The molecule has 0 aromatic heterocycles. The van der Waals surface area contributed by atoms with Crippen molar-refractivity contribution in [3.05, 3.63) is 153 Å². The van der Waals surface area contributed by atoms with E-state index in [1.165, 1.54) is 0 Å².